The smallest absolute Gasteiger partial charge is 0.408 e. The number of urea groups is 1. The summed E-state index contributed by atoms with van der Waals surface area (Å²) >= 11 is 0. The fourth-order valence-corrected chi connectivity index (χ4v) is 3.46. The summed E-state index contributed by atoms with van der Waals surface area (Å²) in [6, 6.07) is 15.5. The van der Waals surface area contributed by atoms with Crippen LogP contribution in [0.15, 0.2) is 63.8 Å². The number of fused-ring (bicyclic) bond motifs is 1. The van der Waals surface area contributed by atoms with E-state index in [9.17, 15) is 19.2 Å². The molecule has 4 amide bonds. The molecule has 30 heavy (non-hydrogen) atoms. The van der Waals surface area contributed by atoms with E-state index in [1.807, 2.05) is 30.3 Å². The van der Waals surface area contributed by atoms with Gasteiger partial charge in [0.2, 0.25) is 0 Å². The predicted octanol–water partition coefficient (Wildman–Crippen LogP) is 1.57. The number of hydrogen-bond donors (Lipinski definition) is 2. The molecule has 154 valence electrons. The van der Waals surface area contributed by atoms with Crippen molar-refractivity contribution in [2.45, 2.75) is 31.8 Å². The first-order valence-electron chi connectivity index (χ1n) is 9.46. The summed E-state index contributed by atoms with van der Waals surface area (Å²) in [4.78, 5) is 49.6. The Labute approximate surface area is 171 Å². The lowest BCUT2D eigenvalue weighted by molar-refractivity contribution is -0.139. The summed E-state index contributed by atoms with van der Waals surface area (Å²) in [5.74, 6) is -1.95. The third-order valence-electron chi connectivity index (χ3n) is 5.13. The van der Waals surface area contributed by atoms with Gasteiger partial charge in [0, 0.05) is 0 Å². The van der Waals surface area contributed by atoms with Crippen LogP contribution in [0.2, 0.25) is 0 Å². The Hall–Kier alpha value is -3.88. The van der Waals surface area contributed by atoms with Crippen molar-refractivity contribution in [3.8, 4) is 0 Å². The van der Waals surface area contributed by atoms with Gasteiger partial charge < -0.3 is 9.73 Å². The van der Waals surface area contributed by atoms with Crippen LogP contribution in [0.3, 0.4) is 0 Å². The molecule has 0 aliphatic carbocycles. The number of para-hydroxylation sites is 2. The van der Waals surface area contributed by atoms with Gasteiger partial charge in [0.25, 0.3) is 11.8 Å². The van der Waals surface area contributed by atoms with Gasteiger partial charge in [-0.1, -0.05) is 42.5 Å². The number of benzene rings is 2. The van der Waals surface area contributed by atoms with E-state index < -0.39 is 35.7 Å². The van der Waals surface area contributed by atoms with E-state index >= 15 is 0 Å². The zero-order valence-electron chi connectivity index (χ0n) is 16.3. The molecule has 9 heteroatoms. The topological polar surface area (TPSA) is 114 Å². The van der Waals surface area contributed by atoms with Crippen LogP contribution >= 0.6 is 0 Å². The van der Waals surface area contributed by atoms with Crippen molar-refractivity contribution < 1.29 is 18.8 Å². The minimum absolute atomic E-state index is 0.346. The number of aromatic nitrogens is 1. The Morgan fingerprint density at radius 2 is 1.77 bits per heavy atom. The quantitative estimate of drug-likeness (QED) is 0.601. The van der Waals surface area contributed by atoms with E-state index in [0.717, 1.165) is 10.1 Å². The van der Waals surface area contributed by atoms with Gasteiger partial charge in [-0.3, -0.25) is 19.6 Å². The van der Waals surface area contributed by atoms with Crippen LogP contribution in [-0.4, -0.2) is 33.0 Å². The molecule has 1 atom stereocenters. The summed E-state index contributed by atoms with van der Waals surface area (Å²) in [5.41, 5.74) is 2.98. The van der Waals surface area contributed by atoms with Gasteiger partial charge in [0.15, 0.2) is 5.58 Å². The molecule has 3 aromatic rings. The molecule has 1 aromatic heterocycles. The summed E-state index contributed by atoms with van der Waals surface area (Å²) in [6.07, 6.45) is 0.960. The van der Waals surface area contributed by atoms with Crippen LogP contribution in [0.4, 0.5) is 4.79 Å². The normalized spacial score (nSPS) is 18.6. The van der Waals surface area contributed by atoms with Crippen molar-refractivity contribution in [2.24, 2.45) is 0 Å². The molecule has 1 aliphatic heterocycles. The highest BCUT2D eigenvalue weighted by atomic mass is 16.4. The lowest BCUT2D eigenvalue weighted by atomic mass is 9.93. The zero-order valence-corrected chi connectivity index (χ0v) is 16.3. The maximum atomic E-state index is 12.8. The average Bonchev–Trinajstić information content (AvgIpc) is 3.16. The zero-order chi connectivity index (χ0) is 21.3. The molecule has 0 radical (unpaired) electrons. The van der Waals surface area contributed by atoms with Crippen LogP contribution < -0.4 is 16.5 Å². The molecule has 0 unspecified atom stereocenters. The fourth-order valence-electron chi connectivity index (χ4n) is 3.46. The van der Waals surface area contributed by atoms with Gasteiger partial charge in [0.1, 0.15) is 12.1 Å². The van der Waals surface area contributed by atoms with E-state index in [2.05, 4.69) is 10.7 Å². The highest BCUT2D eigenvalue weighted by Crippen LogP contribution is 2.22. The summed E-state index contributed by atoms with van der Waals surface area (Å²) < 4.78 is 6.22. The molecule has 1 aliphatic rings. The molecule has 2 aromatic carbocycles. The maximum Gasteiger partial charge on any atom is 0.420 e. The Kier molecular flexibility index (Phi) is 4.86. The number of aryl methyl sites for hydroxylation is 1. The van der Waals surface area contributed by atoms with Crippen molar-refractivity contribution in [1.29, 1.82) is 0 Å². The van der Waals surface area contributed by atoms with Gasteiger partial charge in [-0.25, -0.2) is 9.59 Å². The minimum Gasteiger partial charge on any atom is -0.408 e. The number of carbonyl (C=O) groups excluding carboxylic acids is 3. The van der Waals surface area contributed by atoms with Gasteiger partial charge in [0.05, 0.1) is 5.52 Å². The second kappa shape index (κ2) is 7.51. The standard InChI is InChI=1S/C21H20N4O5/c1-21(12-11-14-7-3-2-4-8-14)18(27)25(19(28)22-21)23-17(26)13-24-15-9-5-6-10-16(15)30-20(24)29/h2-10H,11-13H2,1H3,(H,22,28)(H,23,26)/t21-/m1/s1. The van der Waals surface area contributed by atoms with Crippen molar-refractivity contribution in [3.05, 3.63) is 70.7 Å². The first-order valence-corrected chi connectivity index (χ1v) is 9.46. The molecule has 2 heterocycles. The molecule has 1 saturated heterocycles. The number of oxazole rings is 1. The van der Waals surface area contributed by atoms with E-state index in [0.29, 0.717) is 29.0 Å². The minimum atomic E-state index is -1.14. The van der Waals surface area contributed by atoms with Crippen molar-refractivity contribution >= 4 is 28.9 Å². The number of rotatable bonds is 6. The predicted molar refractivity (Wildman–Crippen MR) is 107 cm³/mol. The Bertz CT molecular complexity index is 1180. The van der Waals surface area contributed by atoms with E-state index in [-0.39, 0.29) is 0 Å². The Morgan fingerprint density at radius 3 is 2.53 bits per heavy atom. The Balaban J connectivity index is 1.44. The van der Waals surface area contributed by atoms with Gasteiger partial charge in [-0.05, 0) is 37.5 Å². The third-order valence-corrected chi connectivity index (χ3v) is 5.13. The molecule has 4 rings (SSSR count). The van der Waals surface area contributed by atoms with Gasteiger partial charge in [-0.2, -0.15) is 5.01 Å². The highest BCUT2D eigenvalue weighted by Gasteiger charge is 2.48. The lowest BCUT2D eigenvalue weighted by Gasteiger charge is -2.21. The monoisotopic (exact) mass is 408 g/mol. The SMILES string of the molecule is C[C@]1(CCc2ccccc2)NC(=O)N(NC(=O)Cn2c(=O)oc3ccccc32)C1=O. The molecule has 9 nitrogen and oxygen atoms in total. The third kappa shape index (κ3) is 3.57. The fraction of sp³-hybridized carbons (Fsp3) is 0.238. The first kappa shape index (κ1) is 19.4. The number of nitrogens with zero attached hydrogens (tertiary/aromatic N) is 2. The van der Waals surface area contributed by atoms with E-state index in [1.165, 1.54) is 0 Å². The van der Waals surface area contributed by atoms with Crippen molar-refractivity contribution in [3.63, 3.8) is 0 Å². The number of hydrazine groups is 1. The van der Waals surface area contributed by atoms with Crippen molar-refractivity contribution in [2.75, 3.05) is 0 Å². The number of carbonyl (C=O) groups is 3. The molecule has 2 N–H and O–H groups in total. The average molecular weight is 408 g/mol. The van der Waals surface area contributed by atoms with E-state index in [4.69, 9.17) is 4.42 Å². The summed E-state index contributed by atoms with van der Waals surface area (Å²) in [6.45, 7) is 1.23. The van der Waals surface area contributed by atoms with Crippen molar-refractivity contribution in [1.82, 2.24) is 20.3 Å². The molecular formula is C21H20N4O5. The lowest BCUT2D eigenvalue weighted by Crippen LogP contribution is -2.50. The highest BCUT2D eigenvalue weighted by molar-refractivity contribution is 6.07. The van der Waals surface area contributed by atoms with Crippen LogP contribution in [0.1, 0.15) is 18.9 Å². The summed E-state index contributed by atoms with van der Waals surface area (Å²) in [5, 5.41) is 3.31. The first-order chi connectivity index (χ1) is 14.4. The number of nitrogens with one attached hydrogen (secondary N) is 2. The molecule has 0 saturated carbocycles. The number of imide groups is 1. The second-order valence-corrected chi connectivity index (χ2v) is 7.35. The second-order valence-electron chi connectivity index (χ2n) is 7.35. The molecule has 0 spiro atoms. The number of hydrogen-bond acceptors (Lipinski definition) is 5. The van der Waals surface area contributed by atoms with E-state index in [1.54, 1.807) is 31.2 Å². The Morgan fingerprint density at radius 1 is 1.07 bits per heavy atom. The van der Waals surface area contributed by atoms with Crippen LogP contribution in [0.25, 0.3) is 11.1 Å². The number of amides is 4. The van der Waals surface area contributed by atoms with Crippen LogP contribution in [0.5, 0.6) is 0 Å². The molecule has 0 bridgehead atoms. The summed E-state index contributed by atoms with van der Waals surface area (Å²) in [7, 11) is 0. The molecule has 1 fully saturated rings. The van der Waals surface area contributed by atoms with Gasteiger partial charge >= 0.3 is 11.8 Å². The van der Waals surface area contributed by atoms with Crippen LogP contribution in [0, 0.1) is 0 Å². The maximum absolute atomic E-state index is 12.8. The largest absolute Gasteiger partial charge is 0.420 e. The van der Waals surface area contributed by atoms with Crippen LogP contribution in [-0.2, 0) is 22.6 Å². The molecular weight excluding hydrogens is 388 g/mol. The van der Waals surface area contributed by atoms with Gasteiger partial charge in [-0.15, -0.1) is 0 Å².